The first-order valence-corrected chi connectivity index (χ1v) is 7.28. The Bertz CT molecular complexity index is 347. The van der Waals surface area contributed by atoms with Crippen molar-refractivity contribution >= 4 is 5.69 Å². The second-order valence-electron chi connectivity index (χ2n) is 5.56. The lowest BCUT2D eigenvalue weighted by Crippen LogP contribution is -2.31. The number of hydrogen-bond acceptors (Lipinski definition) is 2. The molecule has 0 aromatic heterocycles. The number of likely N-dealkylation sites (tertiary alicyclic amines) is 1. The molecule has 0 spiro atoms. The highest BCUT2D eigenvalue weighted by Crippen LogP contribution is 2.14. The van der Waals surface area contributed by atoms with Gasteiger partial charge in [-0.25, -0.2) is 0 Å². The van der Waals surface area contributed by atoms with Crippen LogP contribution in [0, 0.1) is 13.8 Å². The summed E-state index contributed by atoms with van der Waals surface area (Å²) in [5.74, 6) is 0. The van der Waals surface area contributed by atoms with Gasteiger partial charge < -0.3 is 10.2 Å². The van der Waals surface area contributed by atoms with Crippen LogP contribution in [0.1, 0.15) is 36.8 Å². The Balaban J connectivity index is 1.68. The Morgan fingerprint density at radius 1 is 1.00 bits per heavy atom. The predicted octanol–water partition coefficient (Wildman–Crippen LogP) is 3.59. The first-order chi connectivity index (χ1) is 8.74. The van der Waals surface area contributed by atoms with Crippen molar-refractivity contribution in [3.63, 3.8) is 0 Å². The topological polar surface area (TPSA) is 15.3 Å². The number of rotatable bonds is 5. The Kier molecular flexibility index (Phi) is 5.06. The van der Waals surface area contributed by atoms with Crippen LogP contribution in [-0.4, -0.2) is 31.1 Å². The fourth-order valence-electron chi connectivity index (χ4n) is 2.80. The SMILES string of the molecule is Cc1cc(C)cc(NCCCN2CCCCC2)c1. The molecule has 1 aromatic rings. The fourth-order valence-corrected chi connectivity index (χ4v) is 2.80. The molecule has 1 aliphatic rings. The molecule has 0 bridgehead atoms. The van der Waals surface area contributed by atoms with Gasteiger partial charge in [0.25, 0.3) is 0 Å². The maximum atomic E-state index is 3.54. The molecule has 1 aliphatic heterocycles. The van der Waals surface area contributed by atoms with E-state index in [9.17, 15) is 0 Å². The molecule has 2 rings (SSSR count). The summed E-state index contributed by atoms with van der Waals surface area (Å²) >= 11 is 0. The molecule has 0 aliphatic carbocycles. The van der Waals surface area contributed by atoms with Gasteiger partial charge in [-0.1, -0.05) is 12.5 Å². The number of hydrogen-bond donors (Lipinski definition) is 1. The van der Waals surface area contributed by atoms with E-state index in [2.05, 4.69) is 42.3 Å². The largest absolute Gasteiger partial charge is 0.385 e. The van der Waals surface area contributed by atoms with E-state index in [4.69, 9.17) is 0 Å². The minimum Gasteiger partial charge on any atom is -0.385 e. The number of piperidine rings is 1. The van der Waals surface area contributed by atoms with Crippen LogP contribution in [0.4, 0.5) is 5.69 Å². The van der Waals surface area contributed by atoms with Gasteiger partial charge in [-0.3, -0.25) is 0 Å². The highest BCUT2D eigenvalue weighted by molar-refractivity contribution is 5.48. The van der Waals surface area contributed by atoms with E-state index >= 15 is 0 Å². The summed E-state index contributed by atoms with van der Waals surface area (Å²) in [6.45, 7) is 9.27. The molecule has 1 aromatic carbocycles. The number of nitrogens with one attached hydrogen (secondary N) is 1. The highest BCUT2D eigenvalue weighted by Gasteiger charge is 2.08. The van der Waals surface area contributed by atoms with Gasteiger partial charge in [-0.2, -0.15) is 0 Å². The van der Waals surface area contributed by atoms with Gasteiger partial charge >= 0.3 is 0 Å². The standard InChI is InChI=1S/C16H26N2/c1-14-11-15(2)13-16(12-14)17-7-6-10-18-8-4-3-5-9-18/h11-13,17H,3-10H2,1-2H3. The first-order valence-electron chi connectivity index (χ1n) is 7.28. The van der Waals surface area contributed by atoms with Crippen molar-refractivity contribution in [2.45, 2.75) is 39.5 Å². The van der Waals surface area contributed by atoms with Crippen LogP contribution >= 0.6 is 0 Å². The van der Waals surface area contributed by atoms with E-state index in [-0.39, 0.29) is 0 Å². The maximum absolute atomic E-state index is 3.54. The lowest BCUT2D eigenvalue weighted by Gasteiger charge is -2.26. The predicted molar refractivity (Wildman–Crippen MR) is 79.3 cm³/mol. The number of aryl methyl sites for hydroxylation is 2. The van der Waals surface area contributed by atoms with Gasteiger partial charge in [0.05, 0.1) is 0 Å². The summed E-state index contributed by atoms with van der Waals surface area (Å²) in [5, 5.41) is 3.54. The fraction of sp³-hybridized carbons (Fsp3) is 0.625. The molecule has 1 N–H and O–H groups in total. The van der Waals surface area contributed by atoms with E-state index in [0.717, 1.165) is 6.54 Å². The molecule has 0 atom stereocenters. The zero-order valence-electron chi connectivity index (χ0n) is 11.8. The zero-order chi connectivity index (χ0) is 12.8. The lowest BCUT2D eigenvalue weighted by molar-refractivity contribution is 0.228. The van der Waals surface area contributed by atoms with E-state index in [1.807, 2.05) is 0 Å². The molecule has 18 heavy (non-hydrogen) atoms. The number of anilines is 1. The van der Waals surface area contributed by atoms with Crippen molar-refractivity contribution < 1.29 is 0 Å². The summed E-state index contributed by atoms with van der Waals surface area (Å²) in [5.41, 5.74) is 3.95. The summed E-state index contributed by atoms with van der Waals surface area (Å²) in [6, 6.07) is 6.68. The molecule has 1 saturated heterocycles. The Morgan fingerprint density at radius 3 is 2.33 bits per heavy atom. The summed E-state index contributed by atoms with van der Waals surface area (Å²) in [6.07, 6.45) is 5.46. The molecule has 2 heteroatoms. The third-order valence-corrected chi connectivity index (χ3v) is 3.65. The van der Waals surface area contributed by atoms with Crippen molar-refractivity contribution in [2.24, 2.45) is 0 Å². The molecular formula is C16H26N2. The molecule has 0 unspecified atom stereocenters. The van der Waals surface area contributed by atoms with Crippen molar-refractivity contribution in [3.8, 4) is 0 Å². The van der Waals surface area contributed by atoms with Gasteiger partial charge in [-0.15, -0.1) is 0 Å². The van der Waals surface area contributed by atoms with Gasteiger partial charge in [-0.05, 0) is 76.0 Å². The second-order valence-corrected chi connectivity index (χ2v) is 5.56. The first kappa shape index (κ1) is 13.4. The Labute approximate surface area is 111 Å². The smallest absolute Gasteiger partial charge is 0.0345 e. The summed E-state index contributed by atoms with van der Waals surface area (Å²) < 4.78 is 0. The molecule has 0 saturated carbocycles. The quantitative estimate of drug-likeness (QED) is 0.799. The van der Waals surface area contributed by atoms with Crippen molar-refractivity contribution in [3.05, 3.63) is 29.3 Å². The Hall–Kier alpha value is -1.02. The van der Waals surface area contributed by atoms with Gasteiger partial charge in [0.2, 0.25) is 0 Å². The minimum atomic E-state index is 1.08. The average molecular weight is 246 g/mol. The van der Waals surface area contributed by atoms with E-state index in [1.165, 1.54) is 62.1 Å². The van der Waals surface area contributed by atoms with Crippen LogP contribution in [0.3, 0.4) is 0 Å². The monoisotopic (exact) mass is 246 g/mol. The van der Waals surface area contributed by atoms with Crippen LogP contribution in [0.15, 0.2) is 18.2 Å². The van der Waals surface area contributed by atoms with Crippen LogP contribution in [0.25, 0.3) is 0 Å². The second kappa shape index (κ2) is 6.79. The van der Waals surface area contributed by atoms with Crippen LogP contribution in [0.2, 0.25) is 0 Å². The van der Waals surface area contributed by atoms with Gasteiger partial charge in [0.15, 0.2) is 0 Å². The molecule has 100 valence electrons. The minimum absolute atomic E-state index is 1.08. The number of benzene rings is 1. The molecule has 0 radical (unpaired) electrons. The molecule has 0 amide bonds. The maximum Gasteiger partial charge on any atom is 0.0345 e. The van der Waals surface area contributed by atoms with Crippen LogP contribution in [-0.2, 0) is 0 Å². The summed E-state index contributed by atoms with van der Waals surface area (Å²) in [4.78, 5) is 2.60. The Morgan fingerprint density at radius 2 is 1.67 bits per heavy atom. The van der Waals surface area contributed by atoms with Crippen LogP contribution in [0.5, 0.6) is 0 Å². The van der Waals surface area contributed by atoms with Crippen molar-refractivity contribution in [2.75, 3.05) is 31.5 Å². The molecule has 1 heterocycles. The normalized spacial score (nSPS) is 16.8. The average Bonchev–Trinajstić information content (AvgIpc) is 2.35. The van der Waals surface area contributed by atoms with Gasteiger partial charge in [0.1, 0.15) is 0 Å². The zero-order valence-corrected chi connectivity index (χ0v) is 11.8. The van der Waals surface area contributed by atoms with E-state index in [0.29, 0.717) is 0 Å². The summed E-state index contributed by atoms with van der Waals surface area (Å²) in [7, 11) is 0. The van der Waals surface area contributed by atoms with E-state index in [1.54, 1.807) is 0 Å². The van der Waals surface area contributed by atoms with Gasteiger partial charge in [0, 0.05) is 12.2 Å². The number of nitrogens with zero attached hydrogens (tertiary/aromatic N) is 1. The molecular weight excluding hydrogens is 220 g/mol. The lowest BCUT2D eigenvalue weighted by atomic mass is 10.1. The van der Waals surface area contributed by atoms with Crippen molar-refractivity contribution in [1.82, 2.24) is 4.90 Å². The molecule has 1 fully saturated rings. The highest BCUT2D eigenvalue weighted by atomic mass is 15.1. The third-order valence-electron chi connectivity index (χ3n) is 3.65. The third kappa shape index (κ3) is 4.34. The van der Waals surface area contributed by atoms with E-state index < -0.39 is 0 Å². The molecule has 2 nitrogen and oxygen atoms in total. The van der Waals surface area contributed by atoms with Crippen LogP contribution < -0.4 is 5.32 Å². The van der Waals surface area contributed by atoms with Crippen molar-refractivity contribution in [1.29, 1.82) is 0 Å².